The Morgan fingerprint density at radius 1 is 0.900 bits per heavy atom. The van der Waals surface area contributed by atoms with E-state index in [9.17, 15) is 0 Å². The van der Waals surface area contributed by atoms with Crippen LogP contribution in [0.1, 0.15) is 19.4 Å². The van der Waals surface area contributed by atoms with Crippen molar-refractivity contribution in [3.05, 3.63) is 66.2 Å². The van der Waals surface area contributed by atoms with Gasteiger partial charge in [0.15, 0.2) is 0 Å². The Morgan fingerprint density at radius 2 is 1.60 bits per heavy atom. The van der Waals surface area contributed by atoms with E-state index in [1.807, 2.05) is 6.07 Å². The van der Waals surface area contributed by atoms with Crippen LogP contribution in [0.25, 0.3) is 22.5 Å². The standard InChI is InChI=1S/C18H16N2/c1-18(2)15-11-7-6-10-14(15)17-12-16(19-20(17)18)13-8-4-3-5-9-13/h3-12H,1-2H3. The van der Waals surface area contributed by atoms with Gasteiger partial charge in [-0.25, -0.2) is 0 Å². The molecular weight excluding hydrogens is 244 g/mol. The van der Waals surface area contributed by atoms with Gasteiger partial charge in [0, 0.05) is 11.1 Å². The highest BCUT2D eigenvalue weighted by Gasteiger charge is 2.36. The van der Waals surface area contributed by atoms with Gasteiger partial charge >= 0.3 is 0 Å². The minimum absolute atomic E-state index is 0.0844. The Kier molecular flexibility index (Phi) is 2.19. The van der Waals surface area contributed by atoms with Gasteiger partial charge < -0.3 is 0 Å². The normalized spacial score (nSPS) is 14.9. The second-order valence-corrected chi connectivity index (χ2v) is 5.80. The Balaban J connectivity index is 1.95. The van der Waals surface area contributed by atoms with Crippen LogP contribution in [0.15, 0.2) is 60.7 Å². The van der Waals surface area contributed by atoms with Gasteiger partial charge in [-0.3, -0.25) is 4.68 Å². The highest BCUT2D eigenvalue weighted by atomic mass is 15.3. The van der Waals surface area contributed by atoms with E-state index < -0.39 is 0 Å². The van der Waals surface area contributed by atoms with Gasteiger partial charge in [0.1, 0.15) is 0 Å². The van der Waals surface area contributed by atoms with Crippen molar-refractivity contribution in [3.8, 4) is 22.5 Å². The van der Waals surface area contributed by atoms with Crippen LogP contribution >= 0.6 is 0 Å². The smallest absolute Gasteiger partial charge is 0.0930 e. The van der Waals surface area contributed by atoms with E-state index >= 15 is 0 Å². The third-order valence-electron chi connectivity index (χ3n) is 4.17. The molecule has 1 aliphatic rings. The van der Waals surface area contributed by atoms with Crippen molar-refractivity contribution in [3.63, 3.8) is 0 Å². The molecule has 2 aromatic carbocycles. The van der Waals surface area contributed by atoms with Crippen molar-refractivity contribution in [2.24, 2.45) is 0 Å². The Bertz CT molecular complexity index is 782. The predicted octanol–water partition coefficient (Wildman–Crippen LogP) is 4.31. The average molecular weight is 260 g/mol. The number of benzene rings is 2. The molecule has 0 radical (unpaired) electrons. The molecule has 4 rings (SSSR count). The summed E-state index contributed by atoms with van der Waals surface area (Å²) in [5, 5.41) is 4.85. The summed E-state index contributed by atoms with van der Waals surface area (Å²) in [5.74, 6) is 0. The molecule has 2 nitrogen and oxygen atoms in total. The lowest BCUT2D eigenvalue weighted by atomic mass is 9.93. The van der Waals surface area contributed by atoms with Crippen LogP contribution < -0.4 is 0 Å². The van der Waals surface area contributed by atoms with Gasteiger partial charge in [0.2, 0.25) is 0 Å². The van der Waals surface area contributed by atoms with Crippen molar-refractivity contribution in [1.29, 1.82) is 0 Å². The molecule has 0 fully saturated rings. The lowest BCUT2D eigenvalue weighted by Gasteiger charge is -2.21. The second-order valence-electron chi connectivity index (χ2n) is 5.80. The van der Waals surface area contributed by atoms with E-state index in [2.05, 4.69) is 73.1 Å². The highest BCUT2D eigenvalue weighted by Crippen LogP contribution is 2.44. The zero-order valence-corrected chi connectivity index (χ0v) is 11.7. The molecule has 0 N–H and O–H groups in total. The summed E-state index contributed by atoms with van der Waals surface area (Å²) >= 11 is 0. The number of fused-ring (bicyclic) bond motifs is 3. The molecule has 0 aliphatic carbocycles. The summed E-state index contributed by atoms with van der Waals surface area (Å²) in [6, 6.07) is 21.1. The largest absolute Gasteiger partial charge is 0.254 e. The minimum Gasteiger partial charge on any atom is -0.254 e. The van der Waals surface area contributed by atoms with Crippen molar-refractivity contribution < 1.29 is 0 Å². The zero-order chi connectivity index (χ0) is 13.7. The summed E-state index contributed by atoms with van der Waals surface area (Å²) in [4.78, 5) is 0. The maximum absolute atomic E-state index is 4.85. The topological polar surface area (TPSA) is 17.8 Å². The summed E-state index contributed by atoms with van der Waals surface area (Å²) in [6.07, 6.45) is 0. The first-order chi connectivity index (χ1) is 9.68. The molecule has 1 aliphatic heterocycles. The number of hydrogen-bond donors (Lipinski definition) is 0. The van der Waals surface area contributed by atoms with Crippen molar-refractivity contribution in [2.45, 2.75) is 19.4 Å². The lowest BCUT2D eigenvalue weighted by Crippen LogP contribution is -2.24. The number of aromatic nitrogens is 2. The molecule has 0 saturated heterocycles. The van der Waals surface area contributed by atoms with Crippen LogP contribution in [0, 0.1) is 0 Å². The Hall–Kier alpha value is -2.35. The molecule has 2 heterocycles. The van der Waals surface area contributed by atoms with Crippen LogP contribution in [-0.2, 0) is 5.54 Å². The Labute approximate surface area is 118 Å². The molecule has 2 heteroatoms. The van der Waals surface area contributed by atoms with Crippen molar-refractivity contribution in [1.82, 2.24) is 9.78 Å². The molecule has 0 atom stereocenters. The first-order valence-electron chi connectivity index (χ1n) is 6.94. The number of nitrogens with zero attached hydrogens (tertiary/aromatic N) is 2. The van der Waals surface area contributed by atoms with E-state index in [1.54, 1.807) is 0 Å². The quantitative estimate of drug-likeness (QED) is 0.637. The third kappa shape index (κ3) is 1.42. The number of rotatable bonds is 1. The van der Waals surface area contributed by atoms with Crippen LogP contribution in [0.5, 0.6) is 0 Å². The fourth-order valence-electron chi connectivity index (χ4n) is 3.10. The fraction of sp³-hybridized carbons (Fsp3) is 0.167. The first kappa shape index (κ1) is 11.5. The monoisotopic (exact) mass is 260 g/mol. The first-order valence-corrected chi connectivity index (χ1v) is 6.94. The van der Waals surface area contributed by atoms with E-state index in [4.69, 9.17) is 5.10 Å². The predicted molar refractivity (Wildman–Crippen MR) is 81.5 cm³/mol. The van der Waals surface area contributed by atoms with Crippen molar-refractivity contribution >= 4 is 0 Å². The Morgan fingerprint density at radius 3 is 2.40 bits per heavy atom. The van der Waals surface area contributed by atoms with Crippen LogP contribution in [-0.4, -0.2) is 9.78 Å². The SMILES string of the molecule is CC1(C)c2ccccc2-c2cc(-c3ccccc3)nn21. The average Bonchev–Trinajstić information content (AvgIpc) is 3.01. The highest BCUT2D eigenvalue weighted by molar-refractivity contribution is 5.75. The molecule has 0 bridgehead atoms. The molecule has 0 saturated carbocycles. The van der Waals surface area contributed by atoms with E-state index in [0.717, 1.165) is 5.69 Å². The molecule has 98 valence electrons. The van der Waals surface area contributed by atoms with Gasteiger partial charge in [0.25, 0.3) is 0 Å². The summed E-state index contributed by atoms with van der Waals surface area (Å²) < 4.78 is 2.15. The summed E-state index contributed by atoms with van der Waals surface area (Å²) in [6.45, 7) is 4.45. The van der Waals surface area contributed by atoms with Crippen LogP contribution in [0.2, 0.25) is 0 Å². The van der Waals surface area contributed by atoms with E-state index in [1.165, 1.54) is 22.4 Å². The van der Waals surface area contributed by atoms with Crippen LogP contribution in [0.4, 0.5) is 0 Å². The minimum atomic E-state index is -0.0844. The molecule has 3 aromatic rings. The van der Waals surface area contributed by atoms with Crippen molar-refractivity contribution in [2.75, 3.05) is 0 Å². The lowest BCUT2D eigenvalue weighted by molar-refractivity contribution is 0.414. The van der Waals surface area contributed by atoms with E-state index in [-0.39, 0.29) is 5.54 Å². The summed E-state index contributed by atoms with van der Waals surface area (Å²) in [7, 11) is 0. The molecule has 0 amide bonds. The summed E-state index contributed by atoms with van der Waals surface area (Å²) in [5.41, 5.74) is 5.99. The van der Waals surface area contributed by atoms with E-state index in [0.29, 0.717) is 0 Å². The number of hydrogen-bond acceptors (Lipinski definition) is 1. The maximum Gasteiger partial charge on any atom is 0.0930 e. The molecule has 0 spiro atoms. The molecule has 1 aromatic heterocycles. The molecule has 20 heavy (non-hydrogen) atoms. The third-order valence-corrected chi connectivity index (χ3v) is 4.17. The second kappa shape index (κ2) is 3.83. The molecule has 0 unspecified atom stereocenters. The molecular formula is C18H16N2. The van der Waals surface area contributed by atoms with Gasteiger partial charge in [-0.1, -0.05) is 54.6 Å². The van der Waals surface area contributed by atoms with Gasteiger partial charge in [-0.15, -0.1) is 0 Å². The van der Waals surface area contributed by atoms with Gasteiger partial charge in [-0.2, -0.15) is 5.10 Å². The zero-order valence-electron chi connectivity index (χ0n) is 11.7. The van der Waals surface area contributed by atoms with Gasteiger partial charge in [-0.05, 0) is 25.5 Å². The van der Waals surface area contributed by atoms with Crippen LogP contribution in [0.3, 0.4) is 0 Å². The fourth-order valence-corrected chi connectivity index (χ4v) is 3.10. The maximum atomic E-state index is 4.85. The van der Waals surface area contributed by atoms with Gasteiger partial charge in [0.05, 0.1) is 16.9 Å².